The Morgan fingerprint density at radius 1 is 0.947 bits per heavy atom. The van der Waals surface area contributed by atoms with E-state index in [-0.39, 0.29) is 18.4 Å². The molecule has 7 heteroatoms. The molecule has 5 nitrogen and oxygen atoms in total. The van der Waals surface area contributed by atoms with Gasteiger partial charge in [0, 0.05) is 42.5 Å². The van der Waals surface area contributed by atoms with Crippen LogP contribution in [0.2, 0.25) is 5.02 Å². The third-order valence-corrected chi connectivity index (χ3v) is 7.31. The van der Waals surface area contributed by atoms with E-state index in [4.69, 9.17) is 16.7 Å². The molecule has 1 N–H and O–H groups in total. The van der Waals surface area contributed by atoms with Crippen molar-refractivity contribution in [1.82, 2.24) is 0 Å². The SMILES string of the molecule is CN(C)c1ccc(-c2ccc(CN(C(=O)C3CCCCC3)c3cc(F)cc(/C=C/C(=O)O)c3)c(Cl)c2)cc1. The number of carbonyl (C=O) groups excluding carboxylic acids is 1. The molecule has 0 aliphatic heterocycles. The van der Waals surface area contributed by atoms with E-state index in [1.807, 2.05) is 61.5 Å². The molecule has 0 aromatic heterocycles. The van der Waals surface area contributed by atoms with Gasteiger partial charge in [-0.05, 0) is 77.6 Å². The van der Waals surface area contributed by atoms with Crippen molar-refractivity contribution in [2.24, 2.45) is 5.92 Å². The van der Waals surface area contributed by atoms with E-state index >= 15 is 0 Å². The molecule has 0 saturated heterocycles. The number of hydrogen-bond acceptors (Lipinski definition) is 3. The number of benzene rings is 3. The monoisotopic (exact) mass is 534 g/mol. The van der Waals surface area contributed by atoms with Crippen LogP contribution < -0.4 is 9.80 Å². The smallest absolute Gasteiger partial charge is 0.328 e. The van der Waals surface area contributed by atoms with Crippen molar-refractivity contribution in [3.63, 3.8) is 0 Å². The maximum Gasteiger partial charge on any atom is 0.328 e. The number of carboxylic acids is 1. The number of aliphatic carboxylic acids is 1. The molecule has 4 rings (SSSR count). The minimum Gasteiger partial charge on any atom is -0.478 e. The lowest BCUT2D eigenvalue weighted by molar-refractivity contribution is -0.131. The number of carboxylic acid groups (broad SMARTS) is 1. The van der Waals surface area contributed by atoms with Crippen LogP contribution >= 0.6 is 11.6 Å². The molecule has 0 radical (unpaired) electrons. The molecule has 0 atom stereocenters. The van der Waals surface area contributed by atoms with Crippen molar-refractivity contribution < 1.29 is 19.1 Å². The van der Waals surface area contributed by atoms with Crippen LogP contribution in [0.3, 0.4) is 0 Å². The highest BCUT2D eigenvalue weighted by molar-refractivity contribution is 6.31. The van der Waals surface area contributed by atoms with Gasteiger partial charge in [-0.15, -0.1) is 0 Å². The molecule has 1 fully saturated rings. The molecular weight excluding hydrogens is 503 g/mol. The Morgan fingerprint density at radius 2 is 1.63 bits per heavy atom. The summed E-state index contributed by atoms with van der Waals surface area (Å²) in [7, 11) is 3.98. The van der Waals surface area contributed by atoms with Gasteiger partial charge >= 0.3 is 5.97 Å². The first kappa shape index (κ1) is 27.4. The average molecular weight is 535 g/mol. The number of amides is 1. The second-order valence-corrected chi connectivity index (χ2v) is 10.3. The summed E-state index contributed by atoms with van der Waals surface area (Å²) in [4.78, 5) is 28.3. The summed E-state index contributed by atoms with van der Waals surface area (Å²) < 4.78 is 14.6. The maximum atomic E-state index is 14.6. The van der Waals surface area contributed by atoms with Crippen LogP contribution in [-0.2, 0) is 16.1 Å². The number of carbonyl (C=O) groups is 2. The molecule has 0 heterocycles. The second-order valence-electron chi connectivity index (χ2n) is 9.92. The molecule has 3 aromatic rings. The van der Waals surface area contributed by atoms with Crippen molar-refractivity contribution >= 4 is 40.9 Å². The molecule has 0 bridgehead atoms. The van der Waals surface area contributed by atoms with Crippen molar-refractivity contribution in [3.05, 3.63) is 88.7 Å². The minimum atomic E-state index is -1.13. The van der Waals surface area contributed by atoms with Gasteiger partial charge in [-0.2, -0.15) is 0 Å². The fourth-order valence-electron chi connectivity index (χ4n) is 4.86. The van der Waals surface area contributed by atoms with Crippen molar-refractivity contribution in [2.75, 3.05) is 23.9 Å². The van der Waals surface area contributed by atoms with E-state index in [1.54, 1.807) is 11.0 Å². The minimum absolute atomic E-state index is 0.0668. The van der Waals surface area contributed by atoms with E-state index in [1.165, 1.54) is 18.2 Å². The predicted octanol–water partition coefficient (Wildman–Crippen LogP) is 7.42. The lowest BCUT2D eigenvalue weighted by atomic mass is 9.88. The fourth-order valence-corrected chi connectivity index (χ4v) is 5.10. The topological polar surface area (TPSA) is 60.9 Å². The molecule has 1 aliphatic rings. The lowest BCUT2D eigenvalue weighted by Gasteiger charge is -2.30. The van der Waals surface area contributed by atoms with E-state index in [2.05, 4.69) is 0 Å². The third-order valence-electron chi connectivity index (χ3n) is 6.95. The van der Waals surface area contributed by atoms with Crippen LogP contribution in [0, 0.1) is 11.7 Å². The number of rotatable bonds is 8. The molecule has 3 aromatic carbocycles. The molecule has 198 valence electrons. The number of anilines is 2. The van der Waals surface area contributed by atoms with Crippen molar-refractivity contribution in [1.29, 1.82) is 0 Å². The summed E-state index contributed by atoms with van der Waals surface area (Å²) in [6, 6.07) is 18.1. The molecule has 0 spiro atoms. The summed E-state index contributed by atoms with van der Waals surface area (Å²) in [5, 5.41) is 9.50. The van der Waals surface area contributed by atoms with E-state index in [0.29, 0.717) is 16.3 Å². The normalized spacial score (nSPS) is 14.0. The van der Waals surface area contributed by atoms with Crippen molar-refractivity contribution in [3.8, 4) is 11.1 Å². The molecule has 1 aliphatic carbocycles. The Kier molecular flexibility index (Phi) is 8.85. The summed E-state index contributed by atoms with van der Waals surface area (Å²) in [5.74, 6) is -1.88. The van der Waals surface area contributed by atoms with Gasteiger partial charge in [-0.3, -0.25) is 4.79 Å². The Labute approximate surface area is 228 Å². The zero-order chi connectivity index (χ0) is 27.2. The first-order chi connectivity index (χ1) is 18.2. The molecule has 38 heavy (non-hydrogen) atoms. The van der Waals surface area contributed by atoms with Crippen LogP contribution in [0.5, 0.6) is 0 Å². The first-order valence-corrected chi connectivity index (χ1v) is 13.2. The maximum absolute atomic E-state index is 14.6. The van der Waals surface area contributed by atoms with Crippen LogP contribution in [0.15, 0.2) is 66.7 Å². The van der Waals surface area contributed by atoms with Crippen molar-refractivity contribution in [2.45, 2.75) is 38.6 Å². The third kappa shape index (κ3) is 6.81. The highest BCUT2D eigenvalue weighted by Gasteiger charge is 2.28. The average Bonchev–Trinajstić information content (AvgIpc) is 2.91. The Balaban J connectivity index is 1.66. The molecule has 0 unspecified atom stereocenters. The van der Waals surface area contributed by atoms with Crippen LogP contribution in [0.1, 0.15) is 43.2 Å². The number of halogens is 2. The Bertz CT molecular complexity index is 1330. The number of hydrogen-bond donors (Lipinski definition) is 1. The molecule has 1 amide bonds. The van der Waals surface area contributed by atoms with Gasteiger partial charge in [0.2, 0.25) is 5.91 Å². The molecular formula is C31H32ClFN2O3. The summed E-state index contributed by atoms with van der Waals surface area (Å²) in [6.45, 7) is 0.180. The standard InChI is InChI=1S/C31H32ClFN2O3/c1-34(2)27-13-11-22(12-14-27)24-9-10-25(29(32)18-24)20-35(31(38)23-6-4-3-5-7-23)28-17-21(8-15-30(36)37)16-26(33)19-28/h8-19,23H,3-7,20H2,1-2H3,(H,36,37)/b15-8+. The Hall–Kier alpha value is -3.64. The van der Waals surface area contributed by atoms with Gasteiger partial charge in [-0.1, -0.05) is 55.1 Å². The second kappa shape index (κ2) is 12.3. The number of nitrogens with zero attached hydrogens (tertiary/aromatic N) is 2. The lowest BCUT2D eigenvalue weighted by Crippen LogP contribution is -2.37. The van der Waals surface area contributed by atoms with Gasteiger partial charge in [0.15, 0.2) is 0 Å². The highest BCUT2D eigenvalue weighted by Crippen LogP contribution is 2.33. The zero-order valence-corrected chi connectivity index (χ0v) is 22.4. The summed E-state index contributed by atoms with van der Waals surface area (Å²) in [5.41, 5.74) is 4.58. The fraction of sp³-hybridized carbons (Fsp3) is 0.290. The zero-order valence-electron chi connectivity index (χ0n) is 21.7. The summed E-state index contributed by atoms with van der Waals surface area (Å²) in [6.07, 6.45) is 6.95. The summed E-state index contributed by atoms with van der Waals surface area (Å²) >= 11 is 6.73. The van der Waals surface area contributed by atoms with Gasteiger partial charge in [0.05, 0.1) is 6.54 Å². The highest BCUT2D eigenvalue weighted by atomic mass is 35.5. The van der Waals surface area contributed by atoms with Gasteiger partial charge < -0.3 is 14.9 Å². The van der Waals surface area contributed by atoms with Crippen LogP contribution in [-0.4, -0.2) is 31.1 Å². The van der Waals surface area contributed by atoms with Gasteiger partial charge in [0.25, 0.3) is 0 Å². The van der Waals surface area contributed by atoms with Crippen LogP contribution in [0.25, 0.3) is 17.2 Å². The van der Waals surface area contributed by atoms with E-state index < -0.39 is 11.8 Å². The van der Waals surface area contributed by atoms with E-state index in [0.717, 1.165) is 60.6 Å². The van der Waals surface area contributed by atoms with Gasteiger partial charge in [-0.25, -0.2) is 9.18 Å². The van der Waals surface area contributed by atoms with E-state index in [9.17, 15) is 14.0 Å². The molecule has 1 saturated carbocycles. The largest absolute Gasteiger partial charge is 0.478 e. The van der Waals surface area contributed by atoms with Gasteiger partial charge in [0.1, 0.15) is 5.82 Å². The first-order valence-electron chi connectivity index (χ1n) is 12.8. The predicted molar refractivity (Wildman–Crippen MR) is 152 cm³/mol. The Morgan fingerprint density at radius 3 is 2.26 bits per heavy atom. The van der Waals surface area contributed by atoms with Crippen LogP contribution in [0.4, 0.5) is 15.8 Å². The quantitative estimate of drug-likeness (QED) is 0.305.